The maximum atomic E-state index is 14.5. The van der Waals surface area contributed by atoms with Gasteiger partial charge in [-0.1, -0.05) is 140 Å². The summed E-state index contributed by atoms with van der Waals surface area (Å²) in [7, 11) is 0. The molecule has 0 fully saturated rings. The predicted octanol–water partition coefficient (Wildman–Crippen LogP) is 12.7. The summed E-state index contributed by atoms with van der Waals surface area (Å²) in [5.74, 6) is 5.78. The average molecular weight is 607 g/mol. The molecule has 0 N–H and O–H groups in total. The molecule has 0 spiro atoms. The Balaban J connectivity index is 1.84. The van der Waals surface area contributed by atoms with Crippen LogP contribution in [0.2, 0.25) is 0 Å². The Morgan fingerprint density at radius 3 is 1.16 bits per heavy atom. The lowest BCUT2D eigenvalue weighted by atomic mass is 10.1. The number of hydrogen-bond acceptors (Lipinski definition) is 0. The molecule has 2 aromatic rings. The summed E-state index contributed by atoms with van der Waals surface area (Å²) in [5.41, 5.74) is 0.0627. The predicted molar refractivity (Wildman–Crippen MR) is 179 cm³/mol. The summed E-state index contributed by atoms with van der Waals surface area (Å²) in [5, 5.41) is 0. The van der Waals surface area contributed by atoms with Crippen LogP contribution >= 0.6 is 0 Å². The second kappa shape index (κ2) is 23.2. The number of halogens is 4. The van der Waals surface area contributed by atoms with Gasteiger partial charge in [0.05, 0.1) is 11.1 Å². The van der Waals surface area contributed by atoms with Crippen LogP contribution in [0.25, 0.3) is 12.2 Å². The molecule has 0 unspecified atom stereocenters. The lowest BCUT2D eigenvalue weighted by molar-refractivity contribution is 0.505. The highest BCUT2D eigenvalue weighted by Gasteiger charge is 2.11. The molecule has 0 heterocycles. The molecule has 0 saturated carbocycles. The first kappa shape index (κ1) is 36.9. The maximum Gasteiger partial charge on any atom is 0.175 e. The van der Waals surface area contributed by atoms with Crippen molar-refractivity contribution in [2.24, 2.45) is 0 Å². The van der Waals surface area contributed by atoms with Crippen molar-refractivity contribution >= 4 is 12.2 Å². The van der Waals surface area contributed by atoms with Crippen molar-refractivity contribution in [3.63, 3.8) is 0 Å². The molecule has 2 aromatic carbocycles. The summed E-state index contributed by atoms with van der Waals surface area (Å²) in [4.78, 5) is 0. The minimum absolute atomic E-state index is 0.138. The number of allylic oxidation sites excluding steroid dienone is 2. The van der Waals surface area contributed by atoms with Gasteiger partial charge in [-0.2, -0.15) is 0 Å². The first-order valence-corrected chi connectivity index (χ1v) is 16.8. The molecule has 0 saturated heterocycles. The van der Waals surface area contributed by atoms with Gasteiger partial charge in [-0.3, -0.25) is 0 Å². The molecule has 0 aliphatic carbocycles. The third-order valence-electron chi connectivity index (χ3n) is 7.72. The van der Waals surface area contributed by atoms with Crippen molar-refractivity contribution in [1.29, 1.82) is 0 Å². The second-order valence-electron chi connectivity index (χ2n) is 11.5. The van der Waals surface area contributed by atoms with Crippen molar-refractivity contribution in [3.8, 4) is 23.7 Å². The van der Waals surface area contributed by atoms with Crippen LogP contribution in [0.5, 0.6) is 0 Å². The van der Waals surface area contributed by atoms with Crippen LogP contribution in [0.3, 0.4) is 0 Å². The molecular formula is C40H50F4. The Bertz CT molecular complexity index is 1200. The van der Waals surface area contributed by atoms with Gasteiger partial charge >= 0.3 is 0 Å². The molecule has 2 rings (SSSR count). The normalized spacial score (nSPS) is 11.1. The van der Waals surface area contributed by atoms with E-state index in [9.17, 15) is 17.6 Å². The van der Waals surface area contributed by atoms with Gasteiger partial charge in [-0.15, -0.1) is 0 Å². The van der Waals surface area contributed by atoms with E-state index in [1.807, 2.05) is 12.2 Å². The summed E-state index contributed by atoms with van der Waals surface area (Å²) < 4.78 is 58.2. The molecule has 0 bridgehead atoms. The Kier molecular flexibility index (Phi) is 19.5. The van der Waals surface area contributed by atoms with E-state index in [1.54, 1.807) is 12.2 Å². The quantitative estimate of drug-likeness (QED) is 0.0799. The minimum Gasteiger partial charge on any atom is -0.203 e. The maximum absolute atomic E-state index is 14.5. The van der Waals surface area contributed by atoms with Crippen LogP contribution < -0.4 is 0 Å². The van der Waals surface area contributed by atoms with Gasteiger partial charge in [0.25, 0.3) is 0 Å². The van der Waals surface area contributed by atoms with Crippen LogP contribution in [0.15, 0.2) is 36.4 Å². The van der Waals surface area contributed by atoms with Crippen molar-refractivity contribution in [2.45, 2.75) is 129 Å². The van der Waals surface area contributed by atoms with Gasteiger partial charge in [0, 0.05) is 11.1 Å². The topological polar surface area (TPSA) is 0 Å². The fourth-order valence-electron chi connectivity index (χ4n) is 4.99. The zero-order chi connectivity index (χ0) is 31.8. The van der Waals surface area contributed by atoms with E-state index >= 15 is 0 Å². The highest BCUT2D eigenvalue weighted by Crippen LogP contribution is 2.19. The molecule has 4 heteroatoms. The standard InChI is InChI=1S/C40H50F4/c1-3-5-7-9-11-13-15-17-19-21-25-33-29-31-35(39(43)37(33)41)27-23-24-28-36-32-30-34(38(42)40(36)44)26-22-20-18-16-14-12-10-8-6-4-2/h21-22,25-26,29-32H,3-20H2,1-2H3/b25-21+,26-22+. The molecule has 0 aromatic heterocycles. The summed E-state index contributed by atoms with van der Waals surface area (Å²) in [6, 6.07) is 5.77. The molecule has 0 nitrogen and oxygen atoms in total. The molecule has 0 atom stereocenters. The molecule has 238 valence electrons. The zero-order valence-electron chi connectivity index (χ0n) is 26.9. The Hall–Kier alpha value is -3.24. The fourth-order valence-corrected chi connectivity index (χ4v) is 4.99. The Morgan fingerprint density at radius 2 is 0.795 bits per heavy atom. The third-order valence-corrected chi connectivity index (χ3v) is 7.72. The second-order valence-corrected chi connectivity index (χ2v) is 11.5. The number of rotatable bonds is 20. The largest absolute Gasteiger partial charge is 0.203 e. The van der Waals surface area contributed by atoms with Gasteiger partial charge in [-0.25, -0.2) is 17.6 Å². The van der Waals surface area contributed by atoms with Crippen LogP contribution in [-0.4, -0.2) is 0 Å². The van der Waals surface area contributed by atoms with Gasteiger partial charge < -0.3 is 0 Å². The van der Waals surface area contributed by atoms with Gasteiger partial charge in [0.2, 0.25) is 0 Å². The van der Waals surface area contributed by atoms with Crippen LogP contribution in [0.4, 0.5) is 17.6 Å². The molecule has 0 radical (unpaired) electrons. The summed E-state index contributed by atoms with van der Waals surface area (Å²) in [6.45, 7) is 4.42. The van der Waals surface area contributed by atoms with Crippen molar-refractivity contribution < 1.29 is 17.6 Å². The van der Waals surface area contributed by atoms with Crippen molar-refractivity contribution in [2.75, 3.05) is 0 Å². The number of benzene rings is 2. The first-order valence-electron chi connectivity index (χ1n) is 16.8. The minimum atomic E-state index is -1.05. The molecular weight excluding hydrogens is 556 g/mol. The lowest BCUT2D eigenvalue weighted by Gasteiger charge is -2.02. The van der Waals surface area contributed by atoms with Crippen LogP contribution in [0.1, 0.15) is 152 Å². The van der Waals surface area contributed by atoms with E-state index in [0.29, 0.717) is 0 Å². The molecule has 0 aliphatic heterocycles. The SMILES string of the molecule is CCCCCCCCCC/C=C/c1ccc(C#CC#Cc2ccc(/C=C/CCCCCCCCCC)c(F)c2F)c(F)c1F. The summed E-state index contributed by atoms with van der Waals surface area (Å²) >= 11 is 0. The van der Waals surface area contributed by atoms with E-state index < -0.39 is 23.3 Å². The van der Waals surface area contributed by atoms with E-state index in [0.717, 1.165) is 38.5 Å². The van der Waals surface area contributed by atoms with E-state index in [-0.39, 0.29) is 22.3 Å². The van der Waals surface area contributed by atoms with Gasteiger partial charge in [0.1, 0.15) is 0 Å². The monoisotopic (exact) mass is 606 g/mol. The van der Waals surface area contributed by atoms with Crippen molar-refractivity contribution in [3.05, 3.63) is 81.9 Å². The van der Waals surface area contributed by atoms with E-state index in [2.05, 4.69) is 37.5 Å². The highest BCUT2D eigenvalue weighted by molar-refractivity contribution is 5.55. The third kappa shape index (κ3) is 14.5. The van der Waals surface area contributed by atoms with Gasteiger partial charge in [0.15, 0.2) is 23.3 Å². The molecule has 0 amide bonds. The fraction of sp³-hybridized carbons (Fsp3) is 0.500. The Labute approximate surface area is 264 Å². The van der Waals surface area contributed by atoms with Crippen molar-refractivity contribution in [1.82, 2.24) is 0 Å². The smallest absolute Gasteiger partial charge is 0.175 e. The molecule has 0 aliphatic rings. The zero-order valence-corrected chi connectivity index (χ0v) is 26.9. The lowest BCUT2D eigenvalue weighted by Crippen LogP contribution is -1.93. The van der Waals surface area contributed by atoms with Crippen LogP contribution in [0, 0.1) is 47.0 Å². The Morgan fingerprint density at radius 1 is 0.455 bits per heavy atom. The molecule has 44 heavy (non-hydrogen) atoms. The number of hydrogen-bond donors (Lipinski definition) is 0. The van der Waals surface area contributed by atoms with E-state index in [1.165, 1.54) is 101 Å². The first-order chi connectivity index (χ1) is 21.5. The van der Waals surface area contributed by atoms with Gasteiger partial charge in [-0.05, 0) is 61.5 Å². The highest BCUT2D eigenvalue weighted by atomic mass is 19.2. The van der Waals surface area contributed by atoms with Crippen LogP contribution in [-0.2, 0) is 0 Å². The van der Waals surface area contributed by atoms with E-state index in [4.69, 9.17) is 0 Å². The average Bonchev–Trinajstić information content (AvgIpc) is 3.02. The number of unbranched alkanes of at least 4 members (excludes halogenated alkanes) is 16. The summed E-state index contributed by atoms with van der Waals surface area (Å²) in [6.07, 6.45) is 28.1.